The number of carboxylic acids is 1. The summed E-state index contributed by atoms with van der Waals surface area (Å²) in [4.78, 5) is 11.1. The SMILES string of the molecule is CC(C)C[C@H](NC1OC1OCc1ccccc1)C(=O)O. The molecular formula is C15H21NO4. The molecule has 0 aromatic heterocycles. The van der Waals surface area contributed by atoms with Crippen LogP contribution in [0.25, 0.3) is 0 Å². The molecule has 1 saturated heterocycles. The molecule has 0 aliphatic carbocycles. The first-order valence-corrected chi connectivity index (χ1v) is 6.86. The molecule has 2 unspecified atom stereocenters. The van der Waals surface area contributed by atoms with Crippen molar-refractivity contribution in [3.05, 3.63) is 35.9 Å². The molecule has 1 fully saturated rings. The molecular weight excluding hydrogens is 258 g/mol. The molecule has 1 heterocycles. The Morgan fingerprint density at radius 3 is 2.70 bits per heavy atom. The van der Waals surface area contributed by atoms with E-state index in [1.807, 2.05) is 44.2 Å². The maximum atomic E-state index is 11.1. The van der Waals surface area contributed by atoms with Crippen LogP contribution in [0, 0.1) is 5.92 Å². The number of carbonyl (C=O) groups is 1. The normalized spacial score (nSPS) is 22.8. The van der Waals surface area contributed by atoms with Crippen molar-refractivity contribution >= 4 is 5.97 Å². The molecule has 1 aromatic rings. The van der Waals surface area contributed by atoms with Crippen molar-refractivity contribution in [1.29, 1.82) is 0 Å². The lowest BCUT2D eigenvalue weighted by Crippen LogP contribution is -2.40. The van der Waals surface area contributed by atoms with E-state index in [-0.39, 0.29) is 12.5 Å². The van der Waals surface area contributed by atoms with E-state index >= 15 is 0 Å². The van der Waals surface area contributed by atoms with Crippen LogP contribution in [-0.2, 0) is 20.9 Å². The van der Waals surface area contributed by atoms with Gasteiger partial charge in [-0.3, -0.25) is 10.1 Å². The standard InChI is InChI=1S/C15H21NO4/c1-10(2)8-12(14(17)18)16-13-15(20-13)19-9-11-6-4-3-5-7-11/h3-7,10,12-13,15-16H,8-9H2,1-2H3,(H,17,18)/t12-,13?,15?/m0/s1. The highest BCUT2D eigenvalue weighted by molar-refractivity contribution is 5.73. The zero-order chi connectivity index (χ0) is 14.5. The van der Waals surface area contributed by atoms with Gasteiger partial charge in [0.1, 0.15) is 6.04 Å². The molecule has 1 aliphatic rings. The maximum absolute atomic E-state index is 11.1. The van der Waals surface area contributed by atoms with Gasteiger partial charge in [0.2, 0.25) is 0 Å². The molecule has 110 valence electrons. The van der Waals surface area contributed by atoms with Crippen molar-refractivity contribution in [3.8, 4) is 0 Å². The first-order chi connectivity index (χ1) is 9.56. The van der Waals surface area contributed by atoms with Gasteiger partial charge in [0, 0.05) is 0 Å². The predicted molar refractivity (Wildman–Crippen MR) is 73.9 cm³/mol. The molecule has 2 N–H and O–H groups in total. The van der Waals surface area contributed by atoms with Crippen molar-refractivity contribution in [2.45, 2.75) is 45.4 Å². The molecule has 1 aliphatic heterocycles. The van der Waals surface area contributed by atoms with Gasteiger partial charge in [-0.25, -0.2) is 0 Å². The number of ether oxygens (including phenoxy) is 2. The number of aliphatic carboxylic acids is 1. The third kappa shape index (κ3) is 4.59. The van der Waals surface area contributed by atoms with Crippen LogP contribution in [0.2, 0.25) is 0 Å². The monoisotopic (exact) mass is 279 g/mol. The minimum Gasteiger partial charge on any atom is -0.480 e. The molecule has 0 bridgehead atoms. The summed E-state index contributed by atoms with van der Waals surface area (Å²) in [7, 11) is 0. The third-order valence-electron chi connectivity index (χ3n) is 3.08. The fourth-order valence-electron chi connectivity index (χ4n) is 2.01. The van der Waals surface area contributed by atoms with Gasteiger partial charge < -0.3 is 14.6 Å². The molecule has 0 amide bonds. The summed E-state index contributed by atoms with van der Waals surface area (Å²) in [5.74, 6) is -0.540. The molecule has 3 atom stereocenters. The summed E-state index contributed by atoms with van der Waals surface area (Å²) >= 11 is 0. The summed E-state index contributed by atoms with van der Waals surface area (Å²) in [5.41, 5.74) is 1.07. The number of carboxylic acid groups (broad SMARTS) is 1. The topological polar surface area (TPSA) is 71.1 Å². The van der Waals surface area contributed by atoms with Gasteiger partial charge in [-0.1, -0.05) is 44.2 Å². The summed E-state index contributed by atoms with van der Waals surface area (Å²) in [6, 6.07) is 9.21. The summed E-state index contributed by atoms with van der Waals surface area (Å²) in [5, 5.41) is 12.1. The van der Waals surface area contributed by atoms with Gasteiger partial charge in [-0.05, 0) is 17.9 Å². The lowest BCUT2D eigenvalue weighted by atomic mass is 10.0. The smallest absolute Gasteiger partial charge is 0.320 e. The Hall–Kier alpha value is -1.43. The molecule has 1 aromatic carbocycles. The maximum Gasteiger partial charge on any atom is 0.320 e. The number of hydrogen-bond donors (Lipinski definition) is 2. The highest BCUT2D eigenvalue weighted by Gasteiger charge is 2.42. The molecule has 0 spiro atoms. The Balaban J connectivity index is 1.73. The molecule has 2 rings (SSSR count). The van der Waals surface area contributed by atoms with E-state index in [1.54, 1.807) is 0 Å². The lowest BCUT2D eigenvalue weighted by Gasteiger charge is -2.14. The quantitative estimate of drug-likeness (QED) is 0.712. The largest absolute Gasteiger partial charge is 0.480 e. The fraction of sp³-hybridized carbons (Fsp3) is 0.533. The van der Waals surface area contributed by atoms with Crippen molar-refractivity contribution < 1.29 is 19.4 Å². The van der Waals surface area contributed by atoms with Crippen LogP contribution >= 0.6 is 0 Å². The summed E-state index contributed by atoms with van der Waals surface area (Å²) in [6.07, 6.45) is -0.108. The van der Waals surface area contributed by atoms with E-state index in [9.17, 15) is 4.79 Å². The van der Waals surface area contributed by atoms with Crippen molar-refractivity contribution in [2.75, 3.05) is 0 Å². The number of hydrogen-bond acceptors (Lipinski definition) is 4. The van der Waals surface area contributed by atoms with Crippen LogP contribution in [0.3, 0.4) is 0 Å². The Morgan fingerprint density at radius 1 is 1.40 bits per heavy atom. The Labute approximate surface area is 118 Å². The number of nitrogens with one attached hydrogen (secondary N) is 1. The summed E-state index contributed by atoms with van der Waals surface area (Å²) in [6.45, 7) is 4.45. The minimum absolute atomic E-state index is 0.311. The van der Waals surface area contributed by atoms with E-state index in [4.69, 9.17) is 14.6 Å². The van der Waals surface area contributed by atoms with Gasteiger partial charge in [-0.2, -0.15) is 0 Å². The first-order valence-electron chi connectivity index (χ1n) is 6.86. The zero-order valence-corrected chi connectivity index (χ0v) is 11.8. The van der Waals surface area contributed by atoms with Gasteiger partial charge >= 0.3 is 5.97 Å². The van der Waals surface area contributed by atoms with E-state index in [0.29, 0.717) is 18.9 Å². The summed E-state index contributed by atoms with van der Waals surface area (Å²) < 4.78 is 10.9. The van der Waals surface area contributed by atoms with E-state index in [2.05, 4.69) is 5.32 Å². The van der Waals surface area contributed by atoms with Crippen LogP contribution in [0.5, 0.6) is 0 Å². The molecule has 5 heteroatoms. The molecule has 0 radical (unpaired) electrons. The number of benzene rings is 1. The van der Waals surface area contributed by atoms with E-state index < -0.39 is 12.0 Å². The zero-order valence-electron chi connectivity index (χ0n) is 11.8. The first kappa shape index (κ1) is 15.0. The Kier molecular flexibility index (Phi) is 5.11. The Bertz CT molecular complexity index is 435. The van der Waals surface area contributed by atoms with Crippen LogP contribution in [-0.4, -0.2) is 29.6 Å². The van der Waals surface area contributed by atoms with E-state index in [1.165, 1.54) is 0 Å². The van der Waals surface area contributed by atoms with Crippen LogP contribution in [0.4, 0.5) is 0 Å². The van der Waals surface area contributed by atoms with Gasteiger partial charge in [0.05, 0.1) is 6.61 Å². The minimum atomic E-state index is -0.851. The third-order valence-corrected chi connectivity index (χ3v) is 3.08. The average Bonchev–Trinajstić information content (AvgIpc) is 3.14. The Morgan fingerprint density at radius 2 is 2.10 bits per heavy atom. The van der Waals surface area contributed by atoms with Gasteiger partial charge in [0.25, 0.3) is 0 Å². The highest BCUT2D eigenvalue weighted by Crippen LogP contribution is 2.23. The van der Waals surface area contributed by atoms with Crippen LogP contribution in [0.1, 0.15) is 25.8 Å². The van der Waals surface area contributed by atoms with Crippen LogP contribution in [0.15, 0.2) is 30.3 Å². The highest BCUT2D eigenvalue weighted by atomic mass is 16.8. The van der Waals surface area contributed by atoms with Crippen molar-refractivity contribution in [2.24, 2.45) is 5.92 Å². The second-order valence-corrected chi connectivity index (χ2v) is 5.41. The fourth-order valence-corrected chi connectivity index (χ4v) is 2.01. The van der Waals surface area contributed by atoms with Gasteiger partial charge in [0.15, 0.2) is 12.5 Å². The second kappa shape index (κ2) is 6.83. The number of epoxide rings is 1. The lowest BCUT2D eigenvalue weighted by molar-refractivity contribution is -0.140. The van der Waals surface area contributed by atoms with Crippen molar-refractivity contribution in [3.63, 3.8) is 0 Å². The molecule has 5 nitrogen and oxygen atoms in total. The number of rotatable bonds is 8. The van der Waals surface area contributed by atoms with Crippen molar-refractivity contribution in [1.82, 2.24) is 5.32 Å². The average molecular weight is 279 g/mol. The molecule has 20 heavy (non-hydrogen) atoms. The van der Waals surface area contributed by atoms with E-state index in [0.717, 1.165) is 5.56 Å². The molecule has 0 saturated carbocycles. The van der Waals surface area contributed by atoms with Gasteiger partial charge in [-0.15, -0.1) is 0 Å². The predicted octanol–water partition coefficient (Wildman–Crippen LogP) is 1.97. The van der Waals surface area contributed by atoms with Crippen LogP contribution < -0.4 is 5.32 Å². The second-order valence-electron chi connectivity index (χ2n) is 5.41.